The van der Waals surface area contributed by atoms with Crippen LogP contribution in [0.15, 0.2) is 5.38 Å². The molecule has 0 aromatic carbocycles. The molecule has 2 nitrogen and oxygen atoms in total. The van der Waals surface area contributed by atoms with Crippen molar-refractivity contribution in [2.75, 3.05) is 6.54 Å². The molecule has 1 saturated carbocycles. The second-order valence-corrected chi connectivity index (χ2v) is 6.78. The molecule has 18 heavy (non-hydrogen) atoms. The minimum atomic E-state index is 0.544. The van der Waals surface area contributed by atoms with Gasteiger partial charge in [0.2, 0.25) is 0 Å². The largest absolute Gasteiger partial charge is 0.309 e. The molecule has 1 aliphatic heterocycles. The molecule has 0 bridgehead atoms. The Labute approximate surface area is 114 Å². The molecule has 1 saturated heterocycles. The third-order valence-electron chi connectivity index (χ3n) is 4.73. The highest BCUT2D eigenvalue weighted by atomic mass is 32.1. The van der Waals surface area contributed by atoms with Crippen molar-refractivity contribution in [1.29, 1.82) is 0 Å². The Morgan fingerprint density at radius 3 is 2.78 bits per heavy atom. The van der Waals surface area contributed by atoms with E-state index in [0.29, 0.717) is 6.04 Å². The first-order valence-corrected chi connectivity index (χ1v) is 8.43. The van der Waals surface area contributed by atoms with Gasteiger partial charge in [-0.05, 0) is 51.0 Å². The first-order valence-electron chi connectivity index (χ1n) is 7.55. The van der Waals surface area contributed by atoms with E-state index in [4.69, 9.17) is 4.98 Å². The van der Waals surface area contributed by atoms with Gasteiger partial charge in [0.05, 0.1) is 16.7 Å². The fraction of sp³-hybridized carbons (Fsp3) is 0.800. The van der Waals surface area contributed by atoms with Crippen molar-refractivity contribution in [1.82, 2.24) is 10.3 Å². The zero-order valence-corrected chi connectivity index (χ0v) is 12.1. The monoisotopic (exact) mass is 264 g/mol. The van der Waals surface area contributed by atoms with Crippen molar-refractivity contribution < 1.29 is 0 Å². The van der Waals surface area contributed by atoms with Crippen molar-refractivity contribution in [3.8, 4) is 0 Å². The van der Waals surface area contributed by atoms with Crippen molar-refractivity contribution >= 4 is 11.3 Å². The number of hydrogen-bond donors (Lipinski definition) is 1. The summed E-state index contributed by atoms with van der Waals surface area (Å²) in [4.78, 5) is 4.92. The van der Waals surface area contributed by atoms with E-state index in [0.717, 1.165) is 11.8 Å². The van der Waals surface area contributed by atoms with E-state index in [1.165, 1.54) is 62.2 Å². The van der Waals surface area contributed by atoms with Gasteiger partial charge >= 0.3 is 0 Å². The van der Waals surface area contributed by atoms with Gasteiger partial charge in [0.1, 0.15) is 0 Å². The van der Waals surface area contributed by atoms with Crippen LogP contribution in [-0.2, 0) is 0 Å². The summed E-state index contributed by atoms with van der Waals surface area (Å²) in [6.07, 6.45) is 9.50. The maximum atomic E-state index is 4.92. The van der Waals surface area contributed by atoms with Crippen LogP contribution in [0.25, 0.3) is 0 Å². The first-order chi connectivity index (χ1) is 8.86. The summed E-state index contributed by atoms with van der Waals surface area (Å²) in [7, 11) is 0. The van der Waals surface area contributed by atoms with Crippen LogP contribution < -0.4 is 5.32 Å². The molecule has 1 atom stereocenters. The van der Waals surface area contributed by atoms with Crippen LogP contribution in [0.3, 0.4) is 0 Å². The van der Waals surface area contributed by atoms with E-state index in [1.807, 2.05) is 11.3 Å². The highest BCUT2D eigenvalue weighted by molar-refractivity contribution is 7.09. The van der Waals surface area contributed by atoms with Gasteiger partial charge in [-0.2, -0.15) is 0 Å². The van der Waals surface area contributed by atoms with E-state index in [-0.39, 0.29) is 0 Å². The molecule has 1 aromatic rings. The third kappa shape index (κ3) is 2.62. The van der Waals surface area contributed by atoms with Gasteiger partial charge in [0.15, 0.2) is 0 Å². The van der Waals surface area contributed by atoms with Crippen molar-refractivity contribution in [3.63, 3.8) is 0 Å². The quantitative estimate of drug-likeness (QED) is 0.882. The molecule has 0 spiro atoms. The second kappa shape index (κ2) is 5.70. The van der Waals surface area contributed by atoms with Crippen molar-refractivity contribution in [2.24, 2.45) is 5.92 Å². The molecular weight excluding hydrogens is 240 g/mol. The summed E-state index contributed by atoms with van der Waals surface area (Å²) >= 11 is 1.90. The number of nitrogens with one attached hydrogen (secondary N) is 1. The SMILES string of the molecule is CCC1CCC(c2nc(C3CCCN3)cs2)CC1. The molecule has 1 N–H and O–H groups in total. The normalized spacial score (nSPS) is 32.8. The molecule has 0 radical (unpaired) electrons. The molecular formula is C15H24N2S. The van der Waals surface area contributed by atoms with Crippen LogP contribution in [0.5, 0.6) is 0 Å². The Hall–Kier alpha value is -0.410. The number of aromatic nitrogens is 1. The van der Waals surface area contributed by atoms with Crippen LogP contribution in [-0.4, -0.2) is 11.5 Å². The van der Waals surface area contributed by atoms with Gasteiger partial charge < -0.3 is 5.32 Å². The third-order valence-corrected chi connectivity index (χ3v) is 5.76. The van der Waals surface area contributed by atoms with E-state index in [2.05, 4.69) is 17.6 Å². The van der Waals surface area contributed by atoms with Gasteiger partial charge in [-0.3, -0.25) is 0 Å². The predicted molar refractivity (Wildman–Crippen MR) is 77.1 cm³/mol. The molecule has 100 valence electrons. The summed E-state index contributed by atoms with van der Waals surface area (Å²) in [5.41, 5.74) is 1.31. The standard InChI is InChI=1S/C15H24N2S/c1-2-11-5-7-12(8-6-11)15-17-14(10-18-15)13-4-3-9-16-13/h10-13,16H,2-9H2,1H3. The van der Waals surface area contributed by atoms with Gasteiger partial charge in [0.25, 0.3) is 0 Å². The number of thiazole rings is 1. The van der Waals surface area contributed by atoms with Crippen LogP contribution in [0.2, 0.25) is 0 Å². The average Bonchev–Trinajstić information content (AvgIpc) is 3.09. The van der Waals surface area contributed by atoms with Crippen LogP contribution in [0.4, 0.5) is 0 Å². The molecule has 2 aliphatic rings. The summed E-state index contributed by atoms with van der Waals surface area (Å²) in [6.45, 7) is 3.50. The number of rotatable bonds is 3. The lowest BCUT2D eigenvalue weighted by molar-refractivity contribution is 0.318. The molecule has 2 fully saturated rings. The summed E-state index contributed by atoms with van der Waals surface area (Å²) in [6, 6.07) is 0.544. The Morgan fingerprint density at radius 2 is 2.11 bits per heavy atom. The fourth-order valence-electron chi connectivity index (χ4n) is 3.40. The fourth-order valence-corrected chi connectivity index (χ4v) is 4.45. The van der Waals surface area contributed by atoms with Crippen LogP contribution >= 0.6 is 11.3 Å². The van der Waals surface area contributed by atoms with E-state index in [9.17, 15) is 0 Å². The zero-order valence-electron chi connectivity index (χ0n) is 11.3. The Balaban J connectivity index is 1.62. The lowest BCUT2D eigenvalue weighted by Gasteiger charge is -2.26. The Morgan fingerprint density at radius 1 is 1.28 bits per heavy atom. The number of hydrogen-bond acceptors (Lipinski definition) is 3. The van der Waals surface area contributed by atoms with E-state index in [1.54, 1.807) is 0 Å². The van der Waals surface area contributed by atoms with Gasteiger partial charge in [0, 0.05) is 11.3 Å². The summed E-state index contributed by atoms with van der Waals surface area (Å²) < 4.78 is 0. The molecule has 3 heteroatoms. The molecule has 3 rings (SSSR count). The summed E-state index contributed by atoms with van der Waals surface area (Å²) in [5.74, 6) is 1.74. The Kier molecular flexibility index (Phi) is 4.00. The van der Waals surface area contributed by atoms with Crippen LogP contribution in [0.1, 0.15) is 74.5 Å². The van der Waals surface area contributed by atoms with Gasteiger partial charge in [-0.15, -0.1) is 11.3 Å². The lowest BCUT2D eigenvalue weighted by atomic mass is 9.81. The molecule has 1 aromatic heterocycles. The topological polar surface area (TPSA) is 24.9 Å². The van der Waals surface area contributed by atoms with E-state index < -0.39 is 0 Å². The minimum Gasteiger partial charge on any atom is -0.309 e. The highest BCUT2D eigenvalue weighted by Crippen LogP contribution is 2.38. The minimum absolute atomic E-state index is 0.544. The smallest absolute Gasteiger partial charge is 0.0959 e. The number of nitrogens with zero attached hydrogens (tertiary/aromatic N) is 1. The predicted octanol–water partition coefficient (Wildman–Crippen LogP) is 4.25. The molecule has 1 aliphatic carbocycles. The second-order valence-electron chi connectivity index (χ2n) is 5.89. The van der Waals surface area contributed by atoms with Crippen molar-refractivity contribution in [3.05, 3.63) is 16.1 Å². The highest BCUT2D eigenvalue weighted by Gasteiger charge is 2.25. The lowest BCUT2D eigenvalue weighted by Crippen LogP contribution is -2.14. The molecule has 1 unspecified atom stereocenters. The Bertz CT molecular complexity index is 374. The maximum absolute atomic E-state index is 4.92. The molecule has 2 heterocycles. The van der Waals surface area contributed by atoms with Gasteiger partial charge in [-0.25, -0.2) is 4.98 Å². The molecule has 0 amide bonds. The van der Waals surface area contributed by atoms with Crippen LogP contribution in [0, 0.1) is 5.92 Å². The average molecular weight is 264 g/mol. The van der Waals surface area contributed by atoms with Crippen molar-refractivity contribution in [2.45, 2.75) is 63.8 Å². The first kappa shape index (κ1) is 12.6. The van der Waals surface area contributed by atoms with Gasteiger partial charge in [-0.1, -0.05) is 13.3 Å². The zero-order chi connectivity index (χ0) is 12.4. The summed E-state index contributed by atoms with van der Waals surface area (Å²) in [5, 5.41) is 7.26. The maximum Gasteiger partial charge on any atom is 0.0959 e. The van der Waals surface area contributed by atoms with E-state index >= 15 is 0 Å².